The Kier molecular flexibility index (Phi) is 6.77. The number of carboxylic acid groups (broad SMARTS) is 1. The van der Waals surface area contributed by atoms with Crippen LogP contribution in [-0.2, 0) is 27.2 Å². The molecule has 1 amide bonds. The summed E-state index contributed by atoms with van der Waals surface area (Å²) in [5.41, 5.74) is 3.56. The standard InChI is InChI=1S/C22H29NO5S/c1-4-28-22(27)18-14-8-6-5-7-9-17(14)29-20(18)23-19(24)15-10-12(2)13(3)11-16(15)21(25)26/h15-16H,4-11H2,1-3H3,(H,23,24)(H,25,26)/t15-,16-/m0/s1. The van der Waals surface area contributed by atoms with E-state index in [9.17, 15) is 19.5 Å². The molecule has 1 heterocycles. The van der Waals surface area contributed by atoms with Gasteiger partial charge in [-0.1, -0.05) is 17.6 Å². The van der Waals surface area contributed by atoms with Gasteiger partial charge in [-0.3, -0.25) is 9.59 Å². The number of thiophene rings is 1. The van der Waals surface area contributed by atoms with Crippen LogP contribution in [0.15, 0.2) is 11.1 Å². The summed E-state index contributed by atoms with van der Waals surface area (Å²) in [5.74, 6) is -3.08. The zero-order chi connectivity index (χ0) is 21.1. The van der Waals surface area contributed by atoms with E-state index < -0.39 is 23.8 Å². The first kappa shape index (κ1) is 21.6. The highest BCUT2D eigenvalue weighted by molar-refractivity contribution is 7.17. The van der Waals surface area contributed by atoms with Gasteiger partial charge in [-0.15, -0.1) is 11.3 Å². The third kappa shape index (κ3) is 4.55. The summed E-state index contributed by atoms with van der Waals surface area (Å²) < 4.78 is 5.27. The van der Waals surface area contributed by atoms with Crippen LogP contribution in [0, 0.1) is 11.8 Å². The molecule has 0 saturated carbocycles. The number of hydrogen-bond donors (Lipinski definition) is 2. The lowest BCUT2D eigenvalue weighted by atomic mass is 9.76. The minimum absolute atomic E-state index is 0.268. The van der Waals surface area contributed by atoms with Crippen molar-refractivity contribution in [3.05, 3.63) is 27.2 Å². The molecule has 6 nitrogen and oxygen atoms in total. The van der Waals surface area contributed by atoms with E-state index in [1.165, 1.54) is 11.3 Å². The maximum atomic E-state index is 13.1. The number of amides is 1. The molecule has 0 unspecified atom stereocenters. The number of carboxylic acids is 1. The van der Waals surface area contributed by atoms with E-state index in [0.29, 0.717) is 23.4 Å². The van der Waals surface area contributed by atoms with Crippen LogP contribution < -0.4 is 5.32 Å². The number of carbonyl (C=O) groups excluding carboxylic acids is 2. The lowest BCUT2D eigenvalue weighted by Crippen LogP contribution is -2.36. The van der Waals surface area contributed by atoms with Crippen LogP contribution in [0.25, 0.3) is 0 Å². The average Bonchev–Trinajstić information content (AvgIpc) is 2.84. The van der Waals surface area contributed by atoms with Gasteiger partial charge in [-0.25, -0.2) is 4.79 Å². The smallest absolute Gasteiger partial charge is 0.341 e. The average molecular weight is 420 g/mol. The minimum atomic E-state index is -0.954. The first-order chi connectivity index (χ1) is 13.8. The third-order valence-electron chi connectivity index (χ3n) is 6.06. The van der Waals surface area contributed by atoms with E-state index in [0.717, 1.165) is 53.7 Å². The second kappa shape index (κ2) is 9.11. The largest absolute Gasteiger partial charge is 0.481 e. The van der Waals surface area contributed by atoms with Crippen molar-refractivity contribution in [1.82, 2.24) is 0 Å². The zero-order valence-electron chi connectivity index (χ0n) is 17.3. The van der Waals surface area contributed by atoms with Gasteiger partial charge in [0.25, 0.3) is 0 Å². The van der Waals surface area contributed by atoms with E-state index in [4.69, 9.17) is 4.74 Å². The number of hydrogen-bond acceptors (Lipinski definition) is 5. The van der Waals surface area contributed by atoms with Crippen molar-refractivity contribution in [2.75, 3.05) is 11.9 Å². The fourth-order valence-corrected chi connectivity index (χ4v) is 5.56. The molecule has 0 bridgehead atoms. The molecule has 1 aromatic rings. The molecule has 0 fully saturated rings. The number of esters is 1. The first-order valence-electron chi connectivity index (χ1n) is 10.3. The second-order valence-corrected chi connectivity index (χ2v) is 9.10. The monoisotopic (exact) mass is 419 g/mol. The Bertz CT molecular complexity index is 854. The summed E-state index contributed by atoms with van der Waals surface area (Å²) in [4.78, 5) is 38.7. The van der Waals surface area contributed by atoms with E-state index in [1.807, 2.05) is 13.8 Å². The minimum Gasteiger partial charge on any atom is -0.481 e. The zero-order valence-corrected chi connectivity index (χ0v) is 18.1. The number of allylic oxidation sites excluding steroid dienone is 2. The number of aryl methyl sites for hydroxylation is 1. The van der Waals surface area contributed by atoms with Crippen LogP contribution in [0.1, 0.15) is 73.7 Å². The van der Waals surface area contributed by atoms with E-state index >= 15 is 0 Å². The van der Waals surface area contributed by atoms with Crippen LogP contribution in [0.3, 0.4) is 0 Å². The molecule has 2 aliphatic carbocycles. The van der Waals surface area contributed by atoms with E-state index in [-0.39, 0.29) is 12.5 Å². The lowest BCUT2D eigenvalue weighted by molar-refractivity contribution is -0.146. The molecule has 0 saturated heterocycles. The maximum Gasteiger partial charge on any atom is 0.341 e. The Morgan fingerprint density at radius 3 is 2.38 bits per heavy atom. The molecule has 1 aromatic heterocycles. The Morgan fingerprint density at radius 1 is 1.07 bits per heavy atom. The molecular weight excluding hydrogens is 390 g/mol. The highest BCUT2D eigenvalue weighted by Crippen LogP contribution is 2.40. The summed E-state index contributed by atoms with van der Waals surface area (Å²) >= 11 is 1.44. The molecule has 7 heteroatoms. The molecule has 0 spiro atoms. The number of ether oxygens (including phenoxy) is 1. The number of aliphatic carboxylic acids is 1. The van der Waals surface area contributed by atoms with Gasteiger partial charge in [0.1, 0.15) is 5.00 Å². The van der Waals surface area contributed by atoms with Gasteiger partial charge in [-0.05, 0) is 64.9 Å². The highest BCUT2D eigenvalue weighted by Gasteiger charge is 2.38. The third-order valence-corrected chi connectivity index (χ3v) is 7.27. The predicted molar refractivity (Wildman–Crippen MR) is 112 cm³/mol. The molecular formula is C22H29NO5S. The van der Waals surface area contributed by atoms with Gasteiger partial charge in [-0.2, -0.15) is 0 Å². The van der Waals surface area contributed by atoms with Crippen LogP contribution >= 0.6 is 11.3 Å². The first-order valence-corrected chi connectivity index (χ1v) is 11.2. The summed E-state index contributed by atoms with van der Waals surface area (Å²) in [7, 11) is 0. The number of rotatable bonds is 5. The highest BCUT2D eigenvalue weighted by atomic mass is 32.1. The molecule has 3 rings (SSSR count). The van der Waals surface area contributed by atoms with Crippen LogP contribution in [0.5, 0.6) is 0 Å². The number of anilines is 1. The fourth-order valence-electron chi connectivity index (χ4n) is 4.28. The molecule has 2 aliphatic rings. The molecule has 0 aromatic carbocycles. The second-order valence-electron chi connectivity index (χ2n) is 8.00. The van der Waals surface area contributed by atoms with Gasteiger partial charge in [0.05, 0.1) is 24.0 Å². The summed E-state index contributed by atoms with van der Waals surface area (Å²) in [6, 6.07) is 0. The van der Waals surface area contributed by atoms with Crippen molar-refractivity contribution in [2.24, 2.45) is 11.8 Å². The Morgan fingerprint density at radius 2 is 1.72 bits per heavy atom. The lowest BCUT2D eigenvalue weighted by Gasteiger charge is -2.29. The van der Waals surface area contributed by atoms with Crippen molar-refractivity contribution < 1.29 is 24.2 Å². The Labute approximate surface area is 175 Å². The van der Waals surface area contributed by atoms with Gasteiger partial charge in [0.15, 0.2) is 0 Å². The van der Waals surface area contributed by atoms with Crippen molar-refractivity contribution in [3.63, 3.8) is 0 Å². The SMILES string of the molecule is CCOC(=O)c1c(NC(=O)[C@H]2CC(C)=C(C)C[C@@H]2C(=O)O)sc2c1CCCCC2. The molecule has 0 aliphatic heterocycles. The van der Waals surface area contributed by atoms with Gasteiger partial charge >= 0.3 is 11.9 Å². The van der Waals surface area contributed by atoms with Crippen LogP contribution in [0.2, 0.25) is 0 Å². The van der Waals surface area contributed by atoms with Gasteiger partial charge < -0.3 is 15.2 Å². The van der Waals surface area contributed by atoms with Crippen LogP contribution in [0.4, 0.5) is 5.00 Å². The fraction of sp³-hybridized carbons (Fsp3) is 0.591. The summed E-state index contributed by atoms with van der Waals surface area (Å²) in [5, 5.41) is 13.0. The number of fused-ring (bicyclic) bond motifs is 1. The van der Waals surface area contributed by atoms with E-state index in [1.54, 1.807) is 6.92 Å². The Hall–Kier alpha value is -2.15. The quantitative estimate of drug-likeness (QED) is 0.414. The van der Waals surface area contributed by atoms with Crippen molar-refractivity contribution in [1.29, 1.82) is 0 Å². The van der Waals surface area contributed by atoms with Crippen molar-refractivity contribution >= 4 is 34.2 Å². The summed E-state index contributed by atoms with van der Waals surface area (Å²) in [6.45, 7) is 5.90. The molecule has 2 N–H and O–H groups in total. The van der Waals surface area contributed by atoms with Crippen molar-refractivity contribution in [3.8, 4) is 0 Å². The van der Waals surface area contributed by atoms with Gasteiger partial charge in [0.2, 0.25) is 5.91 Å². The number of carbonyl (C=O) groups is 3. The van der Waals surface area contributed by atoms with Crippen molar-refractivity contribution in [2.45, 2.75) is 65.7 Å². The number of nitrogens with one attached hydrogen (secondary N) is 1. The molecule has 2 atom stereocenters. The molecule has 0 radical (unpaired) electrons. The normalized spacial score (nSPS) is 21.9. The maximum absolute atomic E-state index is 13.1. The van der Waals surface area contributed by atoms with E-state index in [2.05, 4.69) is 5.32 Å². The van der Waals surface area contributed by atoms with Gasteiger partial charge in [0, 0.05) is 4.88 Å². The molecule has 29 heavy (non-hydrogen) atoms. The summed E-state index contributed by atoms with van der Waals surface area (Å²) in [6.07, 6.45) is 5.70. The Balaban J connectivity index is 1.91. The molecule has 158 valence electrons. The van der Waals surface area contributed by atoms with Crippen LogP contribution in [-0.4, -0.2) is 29.6 Å². The predicted octanol–water partition coefficient (Wildman–Crippen LogP) is 4.58. The topological polar surface area (TPSA) is 92.7 Å².